The van der Waals surface area contributed by atoms with Crippen LogP contribution in [-0.2, 0) is 6.42 Å². The van der Waals surface area contributed by atoms with E-state index < -0.39 is 0 Å². The molecule has 0 saturated carbocycles. The second kappa shape index (κ2) is 6.00. The Balaban J connectivity index is 1.38. The second-order valence-electron chi connectivity index (χ2n) is 7.46. The fourth-order valence-corrected chi connectivity index (χ4v) is 4.58. The summed E-state index contributed by atoms with van der Waals surface area (Å²) in [6, 6.07) is 27.9. The van der Waals surface area contributed by atoms with E-state index >= 15 is 0 Å². The highest BCUT2D eigenvalue weighted by atomic mass is 14.7. The number of aliphatic imine (C=N–C) groups is 1. The first kappa shape index (κ1) is 15.5. The van der Waals surface area contributed by atoms with Gasteiger partial charge in [-0.3, -0.25) is 9.98 Å². The molecule has 0 saturated heterocycles. The van der Waals surface area contributed by atoms with E-state index in [4.69, 9.17) is 4.99 Å². The van der Waals surface area contributed by atoms with Gasteiger partial charge in [-0.25, -0.2) is 0 Å². The van der Waals surface area contributed by atoms with Crippen LogP contribution >= 0.6 is 0 Å². The maximum absolute atomic E-state index is 4.87. The lowest BCUT2D eigenvalue weighted by Crippen LogP contribution is -1.97. The summed E-state index contributed by atoms with van der Waals surface area (Å²) >= 11 is 0. The first-order chi connectivity index (χ1) is 13.9. The zero-order valence-electron chi connectivity index (χ0n) is 15.3. The van der Waals surface area contributed by atoms with Crippen LogP contribution in [0.25, 0.3) is 22.4 Å². The molecular weight excluding hydrogens is 340 g/mol. The first-order valence-electron chi connectivity index (χ1n) is 9.68. The van der Waals surface area contributed by atoms with Crippen molar-refractivity contribution in [3.8, 4) is 22.4 Å². The van der Waals surface area contributed by atoms with Crippen LogP contribution in [-0.4, -0.2) is 11.2 Å². The summed E-state index contributed by atoms with van der Waals surface area (Å²) in [5.74, 6) is 0.158. The average molecular weight is 358 g/mol. The van der Waals surface area contributed by atoms with E-state index in [1.165, 1.54) is 38.9 Å². The monoisotopic (exact) mass is 358 g/mol. The van der Waals surface area contributed by atoms with Gasteiger partial charge in [0.15, 0.2) is 0 Å². The van der Waals surface area contributed by atoms with Gasteiger partial charge in [0.1, 0.15) is 0 Å². The molecule has 0 fully saturated rings. The van der Waals surface area contributed by atoms with Gasteiger partial charge in [-0.1, -0.05) is 60.7 Å². The van der Waals surface area contributed by atoms with E-state index in [1.54, 1.807) is 0 Å². The summed E-state index contributed by atoms with van der Waals surface area (Å²) in [5, 5.41) is 0. The minimum absolute atomic E-state index is 0.158. The minimum atomic E-state index is 0.158. The zero-order valence-corrected chi connectivity index (χ0v) is 15.3. The Bertz CT molecular complexity index is 1210. The summed E-state index contributed by atoms with van der Waals surface area (Å²) in [4.78, 5) is 9.49. The summed E-state index contributed by atoms with van der Waals surface area (Å²) in [6.07, 6.45) is 4.94. The van der Waals surface area contributed by atoms with Crippen molar-refractivity contribution in [2.45, 2.75) is 12.3 Å². The lowest BCUT2D eigenvalue weighted by molar-refractivity contribution is 1.14. The molecule has 3 aromatic carbocycles. The third-order valence-electron chi connectivity index (χ3n) is 5.87. The maximum Gasteiger partial charge on any atom is 0.0747 e. The third-order valence-corrected chi connectivity index (χ3v) is 5.87. The van der Waals surface area contributed by atoms with E-state index in [0.717, 1.165) is 17.8 Å². The number of benzene rings is 3. The summed E-state index contributed by atoms with van der Waals surface area (Å²) in [5.41, 5.74) is 11.3. The van der Waals surface area contributed by atoms with Gasteiger partial charge in [-0.15, -0.1) is 0 Å². The molecule has 28 heavy (non-hydrogen) atoms. The Morgan fingerprint density at radius 1 is 0.750 bits per heavy atom. The van der Waals surface area contributed by atoms with Gasteiger partial charge >= 0.3 is 0 Å². The minimum Gasteiger partial charge on any atom is -0.260 e. The molecule has 6 rings (SSSR count). The highest BCUT2D eigenvalue weighted by molar-refractivity contribution is 5.89. The molecule has 2 heteroatoms. The third kappa shape index (κ3) is 2.28. The average Bonchev–Trinajstić information content (AvgIpc) is 3.27. The van der Waals surface area contributed by atoms with E-state index in [2.05, 4.69) is 84.0 Å². The molecule has 2 nitrogen and oxygen atoms in total. The van der Waals surface area contributed by atoms with Crippen molar-refractivity contribution in [2.75, 3.05) is 0 Å². The van der Waals surface area contributed by atoms with Gasteiger partial charge in [-0.2, -0.15) is 0 Å². The fraction of sp³-hybridized carbons (Fsp3) is 0.0769. The van der Waals surface area contributed by atoms with E-state index in [-0.39, 0.29) is 5.92 Å². The van der Waals surface area contributed by atoms with Crippen molar-refractivity contribution in [3.63, 3.8) is 0 Å². The summed E-state index contributed by atoms with van der Waals surface area (Å²) in [7, 11) is 0. The molecule has 1 heterocycles. The Hall–Kier alpha value is -3.52. The van der Waals surface area contributed by atoms with Gasteiger partial charge in [-0.05, 0) is 58.0 Å². The predicted molar refractivity (Wildman–Crippen MR) is 114 cm³/mol. The molecule has 1 unspecified atom stereocenters. The van der Waals surface area contributed by atoms with Crippen molar-refractivity contribution in [1.82, 2.24) is 4.98 Å². The number of hydrogen-bond donors (Lipinski definition) is 0. The lowest BCUT2D eigenvalue weighted by atomic mass is 9.99. The highest BCUT2D eigenvalue weighted by Crippen LogP contribution is 2.43. The molecule has 0 aliphatic heterocycles. The molecule has 132 valence electrons. The topological polar surface area (TPSA) is 25.2 Å². The molecule has 0 N–H and O–H groups in total. The van der Waals surface area contributed by atoms with Gasteiger partial charge in [0, 0.05) is 23.9 Å². The van der Waals surface area contributed by atoms with Gasteiger partial charge in [0.2, 0.25) is 0 Å². The normalized spacial score (nSPS) is 15.9. The molecule has 1 aromatic heterocycles. The van der Waals surface area contributed by atoms with Crippen LogP contribution in [0.1, 0.15) is 28.2 Å². The molecule has 2 aliphatic rings. The van der Waals surface area contributed by atoms with Crippen LogP contribution in [0.15, 0.2) is 90.1 Å². The first-order valence-corrected chi connectivity index (χ1v) is 9.68. The predicted octanol–water partition coefficient (Wildman–Crippen LogP) is 6.17. The Kier molecular flexibility index (Phi) is 3.33. The van der Waals surface area contributed by atoms with E-state index in [0.29, 0.717) is 0 Å². The second-order valence-corrected chi connectivity index (χ2v) is 7.46. The lowest BCUT2D eigenvalue weighted by Gasteiger charge is -2.07. The Morgan fingerprint density at radius 3 is 2.50 bits per heavy atom. The van der Waals surface area contributed by atoms with Crippen LogP contribution in [0.2, 0.25) is 0 Å². The number of hydrogen-bond acceptors (Lipinski definition) is 2. The standard InChI is InChI=1S/C26H18N2/c1-2-7-20-17(6-1)14-18-15-19(11-12-21(18)20)28-16-25-22-8-3-4-9-23(22)26-24(25)10-5-13-27-26/h1-13,15-16,25H,14H2. The molecule has 0 spiro atoms. The highest BCUT2D eigenvalue weighted by Gasteiger charge is 2.27. The van der Waals surface area contributed by atoms with Crippen molar-refractivity contribution in [2.24, 2.45) is 4.99 Å². The quantitative estimate of drug-likeness (QED) is 0.347. The Morgan fingerprint density at radius 2 is 1.54 bits per heavy atom. The van der Waals surface area contributed by atoms with Crippen molar-refractivity contribution < 1.29 is 0 Å². The summed E-state index contributed by atoms with van der Waals surface area (Å²) < 4.78 is 0. The van der Waals surface area contributed by atoms with Crippen LogP contribution in [0.3, 0.4) is 0 Å². The van der Waals surface area contributed by atoms with Crippen LogP contribution in [0.5, 0.6) is 0 Å². The number of pyridine rings is 1. The molecule has 1 atom stereocenters. The van der Waals surface area contributed by atoms with Crippen molar-refractivity contribution >= 4 is 11.9 Å². The van der Waals surface area contributed by atoms with Crippen molar-refractivity contribution in [1.29, 1.82) is 0 Å². The largest absolute Gasteiger partial charge is 0.260 e. The van der Waals surface area contributed by atoms with Crippen LogP contribution < -0.4 is 0 Å². The molecular formula is C26H18N2. The number of fused-ring (bicyclic) bond motifs is 6. The smallest absolute Gasteiger partial charge is 0.0747 e. The molecule has 4 aromatic rings. The summed E-state index contributed by atoms with van der Waals surface area (Å²) in [6.45, 7) is 0. The number of aromatic nitrogens is 1. The van der Waals surface area contributed by atoms with Crippen LogP contribution in [0.4, 0.5) is 5.69 Å². The van der Waals surface area contributed by atoms with E-state index in [9.17, 15) is 0 Å². The molecule has 0 amide bonds. The van der Waals surface area contributed by atoms with E-state index in [1.807, 2.05) is 12.3 Å². The maximum atomic E-state index is 4.87. The van der Waals surface area contributed by atoms with Crippen molar-refractivity contribution in [3.05, 3.63) is 107 Å². The Labute approximate surface area is 164 Å². The zero-order chi connectivity index (χ0) is 18.5. The van der Waals surface area contributed by atoms with Crippen LogP contribution in [0, 0.1) is 0 Å². The van der Waals surface area contributed by atoms with Gasteiger partial charge in [0.05, 0.1) is 11.4 Å². The fourth-order valence-electron chi connectivity index (χ4n) is 4.58. The molecule has 2 aliphatic carbocycles. The number of nitrogens with zero attached hydrogens (tertiary/aromatic N) is 2. The SMILES string of the molecule is C(=Nc1ccc2c(c1)Cc1ccccc1-2)C1c2ccccc2-c2ncccc21. The number of rotatable bonds is 2. The van der Waals surface area contributed by atoms with Gasteiger partial charge < -0.3 is 0 Å². The molecule has 0 radical (unpaired) electrons. The van der Waals surface area contributed by atoms with Gasteiger partial charge in [0.25, 0.3) is 0 Å². The molecule has 0 bridgehead atoms.